The highest BCUT2D eigenvalue weighted by Gasteiger charge is 2.14. The smallest absolute Gasteiger partial charge is 0.339 e. The Morgan fingerprint density at radius 1 is 1.32 bits per heavy atom. The summed E-state index contributed by atoms with van der Waals surface area (Å²) in [6.45, 7) is 1.41. The number of ether oxygens (including phenoxy) is 1. The van der Waals surface area contributed by atoms with Gasteiger partial charge in [0.15, 0.2) is 4.96 Å². The maximum absolute atomic E-state index is 12.4. The van der Waals surface area contributed by atoms with E-state index in [1.165, 1.54) is 40.5 Å². The van der Waals surface area contributed by atoms with Crippen LogP contribution in [0.1, 0.15) is 23.0 Å². The third-order valence-electron chi connectivity index (χ3n) is 3.25. The van der Waals surface area contributed by atoms with Gasteiger partial charge in [-0.25, -0.2) is 9.78 Å². The van der Waals surface area contributed by atoms with Crippen molar-refractivity contribution in [3.8, 4) is 0 Å². The van der Waals surface area contributed by atoms with Gasteiger partial charge < -0.3 is 4.74 Å². The number of fused-ring (bicyclic) bond motifs is 1. The van der Waals surface area contributed by atoms with Crippen molar-refractivity contribution in [1.29, 1.82) is 0 Å². The fourth-order valence-corrected chi connectivity index (χ4v) is 3.70. The average Bonchev–Trinajstić information content (AvgIpc) is 3.07. The van der Waals surface area contributed by atoms with Crippen molar-refractivity contribution >= 4 is 39.8 Å². The molecule has 128 valence electrons. The second-order valence-corrected chi connectivity index (χ2v) is 7.09. The van der Waals surface area contributed by atoms with E-state index in [1.807, 2.05) is 0 Å². The van der Waals surface area contributed by atoms with Crippen LogP contribution in [0, 0.1) is 0 Å². The van der Waals surface area contributed by atoms with Gasteiger partial charge in [0.2, 0.25) is 0 Å². The number of ketones is 1. The molecule has 3 rings (SSSR count). The molecule has 0 fully saturated rings. The molecule has 0 saturated heterocycles. The molecule has 8 heteroatoms. The van der Waals surface area contributed by atoms with Crippen LogP contribution in [-0.2, 0) is 16.1 Å². The van der Waals surface area contributed by atoms with E-state index in [2.05, 4.69) is 4.98 Å². The largest absolute Gasteiger partial charge is 0.456 e. The Bertz CT molecular complexity index is 993. The fraction of sp³-hybridized carbons (Fsp3) is 0.176. The summed E-state index contributed by atoms with van der Waals surface area (Å²) >= 11 is 2.63. The number of hydrogen-bond donors (Lipinski definition) is 0. The molecule has 0 bridgehead atoms. The lowest BCUT2D eigenvalue weighted by atomic mass is 10.2. The number of carbonyl (C=O) groups excluding carboxylic acids is 2. The van der Waals surface area contributed by atoms with Gasteiger partial charge >= 0.3 is 5.97 Å². The van der Waals surface area contributed by atoms with Gasteiger partial charge in [-0.15, -0.1) is 23.1 Å². The molecule has 0 unspecified atom stereocenters. The normalized spacial score (nSPS) is 10.8. The molecule has 0 aliphatic rings. The second-order valence-electron chi connectivity index (χ2n) is 5.20. The fourth-order valence-electron chi connectivity index (χ4n) is 2.12. The first-order chi connectivity index (χ1) is 12.0. The summed E-state index contributed by atoms with van der Waals surface area (Å²) in [7, 11) is 0. The van der Waals surface area contributed by atoms with E-state index in [9.17, 15) is 14.4 Å². The van der Waals surface area contributed by atoms with E-state index in [0.717, 1.165) is 0 Å². The van der Waals surface area contributed by atoms with Crippen molar-refractivity contribution in [1.82, 2.24) is 9.38 Å². The summed E-state index contributed by atoms with van der Waals surface area (Å²) < 4.78 is 6.73. The molecular formula is C17H14N2O4S2. The van der Waals surface area contributed by atoms with Crippen molar-refractivity contribution in [2.45, 2.75) is 18.4 Å². The van der Waals surface area contributed by atoms with Crippen LogP contribution in [0.2, 0.25) is 0 Å². The summed E-state index contributed by atoms with van der Waals surface area (Å²) in [6, 6.07) is 8.30. The van der Waals surface area contributed by atoms with Gasteiger partial charge in [-0.3, -0.25) is 14.0 Å². The zero-order valence-corrected chi connectivity index (χ0v) is 14.9. The Morgan fingerprint density at radius 3 is 2.92 bits per heavy atom. The number of aromatic nitrogens is 2. The lowest BCUT2D eigenvalue weighted by Gasteiger charge is -2.08. The molecule has 0 amide bonds. The van der Waals surface area contributed by atoms with Crippen LogP contribution in [0.5, 0.6) is 0 Å². The predicted molar refractivity (Wildman–Crippen MR) is 96.3 cm³/mol. The standard InChI is InChI=1S/C17H14N2O4S2/c1-11(20)10-25-14-5-3-2-4-13(14)16(22)23-9-12-8-15(21)19-6-7-24-17(19)18-12/h2-8H,9-10H2,1H3. The van der Waals surface area contributed by atoms with Crippen LogP contribution in [-0.4, -0.2) is 26.9 Å². The van der Waals surface area contributed by atoms with E-state index in [0.29, 0.717) is 21.1 Å². The van der Waals surface area contributed by atoms with Gasteiger partial charge in [-0.2, -0.15) is 0 Å². The highest BCUT2D eigenvalue weighted by molar-refractivity contribution is 8.00. The van der Waals surface area contributed by atoms with E-state index >= 15 is 0 Å². The third kappa shape index (κ3) is 4.15. The summed E-state index contributed by atoms with van der Waals surface area (Å²) in [5, 5.41) is 1.77. The Labute approximate surface area is 151 Å². The third-order valence-corrected chi connectivity index (χ3v) is 5.22. The topological polar surface area (TPSA) is 77.7 Å². The predicted octanol–water partition coefficient (Wildman–Crippen LogP) is 2.79. The van der Waals surface area contributed by atoms with Gasteiger partial charge in [0.25, 0.3) is 5.56 Å². The van der Waals surface area contributed by atoms with E-state index in [4.69, 9.17) is 4.74 Å². The number of Topliss-reactive ketones (excluding diaryl/α,β-unsaturated/α-hetero) is 1. The number of thiazole rings is 1. The molecule has 6 nitrogen and oxygen atoms in total. The molecule has 0 aliphatic carbocycles. The molecule has 1 aromatic carbocycles. The minimum atomic E-state index is -0.514. The van der Waals surface area contributed by atoms with Crippen molar-refractivity contribution in [3.63, 3.8) is 0 Å². The van der Waals surface area contributed by atoms with Crippen LogP contribution >= 0.6 is 23.1 Å². The van der Waals surface area contributed by atoms with Gasteiger partial charge in [0.1, 0.15) is 12.4 Å². The van der Waals surface area contributed by atoms with Crippen LogP contribution in [0.3, 0.4) is 0 Å². The summed E-state index contributed by atoms with van der Waals surface area (Å²) in [5.41, 5.74) is 0.576. The Morgan fingerprint density at radius 2 is 2.12 bits per heavy atom. The minimum absolute atomic E-state index is 0.0297. The number of esters is 1. The summed E-state index contributed by atoms with van der Waals surface area (Å²) in [5.74, 6) is -0.195. The first-order valence-electron chi connectivity index (χ1n) is 7.39. The number of nitrogens with zero attached hydrogens (tertiary/aromatic N) is 2. The van der Waals surface area contributed by atoms with Gasteiger partial charge in [0, 0.05) is 22.5 Å². The summed E-state index contributed by atoms with van der Waals surface area (Å²) in [4.78, 5) is 41.0. The Balaban J connectivity index is 1.73. The van der Waals surface area contributed by atoms with Gasteiger partial charge in [0.05, 0.1) is 17.0 Å². The molecule has 3 aromatic rings. The number of carbonyl (C=O) groups is 2. The van der Waals surface area contributed by atoms with Gasteiger partial charge in [-0.1, -0.05) is 12.1 Å². The number of hydrogen-bond acceptors (Lipinski definition) is 7. The molecule has 0 aliphatic heterocycles. The average molecular weight is 374 g/mol. The number of rotatable bonds is 6. The molecule has 0 N–H and O–H groups in total. The second kappa shape index (κ2) is 7.62. The SMILES string of the molecule is CC(=O)CSc1ccccc1C(=O)OCc1cc(=O)n2ccsc2n1. The first kappa shape index (κ1) is 17.4. The van der Waals surface area contributed by atoms with Crippen molar-refractivity contribution < 1.29 is 14.3 Å². The molecule has 0 spiro atoms. The molecule has 0 saturated carbocycles. The molecule has 0 radical (unpaired) electrons. The quantitative estimate of drug-likeness (QED) is 0.488. The van der Waals surface area contributed by atoms with Crippen molar-refractivity contribution in [2.24, 2.45) is 0 Å². The number of thioether (sulfide) groups is 1. The molecule has 2 heterocycles. The van der Waals surface area contributed by atoms with Crippen LogP contribution < -0.4 is 5.56 Å². The minimum Gasteiger partial charge on any atom is -0.456 e. The van der Waals surface area contributed by atoms with Gasteiger partial charge in [-0.05, 0) is 19.1 Å². The maximum atomic E-state index is 12.4. The monoisotopic (exact) mass is 374 g/mol. The molecule has 25 heavy (non-hydrogen) atoms. The van der Waals surface area contributed by atoms with E-state index < -0.39 is 5.97 Å². The van der Waals surface area contributed by atoms with E-state index in [1.54, 1.807) is 35.8 Å². The molecular weight excluding hydrogens is 360 g/mol. The summed E-state index contributed by atoms with van der Waals surface area (Å²) in [6.07, 6.45) is 1.65. The number of benzene rings is 1. The lowest BCUT2D eigenvalue weighted by Crippen LogP contribution is -2.15. The van der Waals surface area contributed by atoms with Crippen molar-refractivity contribution in [2.75, 3.05) is 5.75 Å². The zero-order valence-electron chi connectivity index (χ0n) is 13.3. The zero-order chi connectivity index (χ0) is 17.8. The van der Waals surface area contributed by atoms with Crippen LogP contribution in [0.25, 0.3) is 4.96 Å². The highest BCUT2D eigenvalue weighted by atomic mass is 32.2. The lowest BCUT2D eigenvalue weighted by molar-refractivity contribution is -0.114. The Kier molecular flexibility index (Phi) is 5.30. The maximum Gasteiger partial charge on any atom is 0.339 e. The first-order valence-corrected chi connectivity index (χ1v) is 9.25. The Hall–Kier alpha value is -2.45. The van der Waals surface area contributed by atoms with Crippen molar-refractivity contribution in [3.05, 3.63) is 63.5 Å². The van der Waals surface area contributed by atoms with E-state index in [-0.39, 0.29) is 23.7 Å². The van der Waals surface area contributed by atoms with Crippen LogP contribution in [0.4, 0.5) is 0 Å². The molecule has 0 atom stereocenters. The highest BCUT2D eigenvalue weighted by Crippen LogP contribution is 2.23. The van der Waals surface area contributed by atoms with Crippen LogP contribution in [0.15, 0.2) is 51.6 Å². The molecule has 2 aromatic heterocycles.